The van der Waals surface area contributed by atoms with E-state index in [4.69, 9.17) is 15.2 Å². The minimum Gasteiger partial charge on any atom is -0.488 e. The Bertz CT molecular complexity index is 329. The van der Waals surface area contributed by atoms with Gasteiger partial charge in [-0.05, 0) is 19.9 Å². The number of benzene rings is 1. The molecule has 1 aromatic rings. The average Bonchev–Trinajstić information content (AvgIpc) is 2.25. The number of halogens is 1. The third kappa shape index (κ3) is 3.47. The Kier molecular flexibility index (Phi) is 5.22. The first-order valence-electron chi connectivity index (χ1n) is 5.41. The Hall–Kier alpha value is -1.13. The van der Waals surface area contributed by atoms with Crippen LogP contribution in [0, 0.1) is 5.82 Å². The van der Waals surface area contributed by atoms with Crippen LogP contribution < -0.4 is 10.5 Å². The van der Waals surface area contributed by atoms with Crippen molar-refractivity contribution in [2.45, 2.75) is 19.9 Å². The van der Waals surface area contributed by atoms with Crippen molar-refractivity contribution in [2.24, 2.45) is 5.73 Å². The SMILES string of the molecule is CCOCCOc1c(F)cccc1C(C)N. The van der Waals surface area contributed by atoms with Crippen molar-refractivity contribution in [1.82, 2.24) is 0 Å². The lowest BCUT2D eigenvalue weighted by molar-refractivity contribution is 0.108. The van der Waals surface area contributed by atoms with Crippen LogP contribution in [0.15, 0.2) is 18.2 Å². The molecule has 0 saturated heterocycles. The molecule has 0 aliphatic carbocycles. The molecule has 0 aliphatic rings. The van der Waals surface area contributed by atoms with Crippen LogP contribution in [0.25, 0.3) is 0 Å². The zero-order valence-corrected chi connectivity index (χ0v) is 9.70. The van der Waals surface area contributed by atoms with Crippen LogP contribution in [-0.2, 0) is 4.74 Å². The zero-order chi connectivity index (χ0) is 12.0. The number of hydrogen-bond donors (Lipinski definition) is 1. The molecule has 0 fully saturated rings. The highest BCUT2D eigenvalue weighted by atomic mass is 19.1. The summed E-state index contributed by atoms with van der Waals surface area (Å²) in [7, 11) is 0. The largest absolute Gasteiger partial charge is 0.488 e. The Morgan fingerprint density at radius 3 is 2.75 bits per heavy atom. The van der Waals surface area contributed by atoms with Crippen molar-refractivity contribution in [2.75, 3.05) is 19.8 Å². The summed E-state index contributed by atoms with van der Waals surface area (Å²) >= 11 is 0. The molecule has 0 heterocycles. The predicted molar refractivity (Wildman–Crippen MR) is 61.0 cm³/mol. The van der Waals surface area contributed by atoms with Gasteiger partial charge in [0.05, 0.1) is 6.61 Å². The zero-order valence-electron chi connectivity index (χ0n) is 9.70. The first kappa shape index (κ1) is 12.9. The first-order valence-corrected chi connectivity index (χ1v) is 5.41. The summed E-state index contributed by atoms with van der Waals surface area (Å²) in [4.78, 5) is 0. The average molecular weight is 227 g/mol. The molecule has 3 nitrogen and oxygen atoms in total. The molecule has 0 amide bonds. The van der Waals surface area contributed by atoms with E-state index in [1.807, 2.05) is 6.92 Å². The Morgan fingerprint density at radius 1 is 1.38 bits per heavy atom. The molecular weight excluding hydrogens is 209 g/mol. The molecule has 0 bridgehead atoms. The van der Waals surface area contributed by atoms with E-state index in [9.17, 15) is 4.39 Å². The molecule has 90 valence electrons. The fourth-order valence-corrected chi connectivity index (χ4v) is 1.38. The molecule has 0 radical (unpaired) electrons. The van der Waals surface area contributed by atoms with Gasteiger partial charge in [0.1, 0.15) is 6.61 Å². The molecule has 4 heteroatoms. The highest BCUT2D eigenvalue weighted by Gasteiger charge is 2.12. The maximum Gasteiger partial charge on any atom is 0.165 e. The summed E-state index contributed by atoms with van der Waals surface area (Å²) in [5.74, 6) is -0.150. The number of ether oxygens (including phenoxy) is 2. The van der Waals surface area contributed by atoms with Gasteiger partial charge < -0.3 is 15.2 Å². The fourth-order valence-electron chi connectivity index (χ4n) is 1.38. The van der Waals surface area contributed by atoms with Gasteiger partial charge in [-0.1, -0.05) is 12.1 Å². The van der Waals surface area contributed by atoms with Crippen LogP contribution >= 0.6 is 0 Å². The first-order chi connectivity index (χ1) is 7.66. The highest BCUT2D eigenvalue weighted by molar-refractivity contribution is 5.36. The molecule has 16 heavy (non-hydrogen) atoms. The molecule has 1 atom stereocenters. The second kappa shape index (κ2) is 6.45. The third-order valence-electron chi connectivity index (χ3n) is 2.17. The molecule has 0 spiro atoms. The number of nitrogens with two attached hydrogens (primary N) is 1. The van der Waals surface area contributed by atoms with E-state index in [2.05, 4.69) is 0 Å². The minimum absolute atomic E-state index is 0.234. The molecule has 2 N–H and O–H groups in total. The van der Waals surface area contributed by atoms with Crippen LogP contribution in [0.3, 0.4) is 0 Å². The Morgan fingerprint density at radius 2 is 2.12 bits per heavy atom. The lowest BCUT2D eigenvalue weighted by Crippen LogP contribution is -2.12. The standard InChI is InChI=1S/C12H18FNO2/c1-3-15-7-8-16-12-10(9(2)14)5-4-6-11(12)13/h4-6,9H,3,7-8,14H2,1-2H3. The van der Waals surface area contributed by atoms with Crippen LogP contribution in [0.5, 0.6) is 5.75 Å². The topological polar surface area (TPSA) is 44.5 Å². The van der Waals surface area contributed by atoms with Crippen LogP contribution in [0.1, 0.15) is 25.5 Å². The van der Waals surface area contributed by atoms with Crippen LogP contribution in [-0.4, -0.2) is 19.8 Å². The van der Waals surface area contributed by atoms with Gasteiger partial charge in [0, 0.05) is 18.2 Å². The lowest BCUT2D eigenvalue weighted by Gasteiger charge is -2.14. The van der Waals surface area contributed by atoms with Crippen molar-refractivity contribution >= 4 is 0 Å². The van der Waals surface area contributed by atoms with E-state index in [1.165, 1.54) is 6.07 Å². The highest BCUT2D eigenvalue weighted by Crippen LogP contribution is 2.26. The predicted octanol–water partition coefficient (Wildman–Crippen LogP) is 2.26. The maximum atomic E-state index is 13.5. The van der Waals surface area contributed by atoms with E-state index >= 15 is 0 Å². The molecular formula is C12H18FNO2. The minimum atomic E-state index is -0.383. The van der Waals surface area contributed by atoms with Crippen molar-refractivity contribution in [3.8, 4) is 5.75 Å². The number of hydrogen-bond acceptors (Lipinski definition) is 3. The van der Waals surface area contributed by atoms with Gasteiger partial charge in [-0.2, -0.15) is 0 Å². The van der Waals surface area contributed by atoms with Crippen molar-refractivity contribution < 1.29 is 13.9 Å². The van der Waals surface area contributed by atoms with Crippen molar-refractivity contribution in [3.63, 3.8) is 0 Å². The molecule has 1 unspecified atom stereocenters. The van der Waals surface area contributed by atoms with E-state index in [1.54, 1.807) is 19.1 Å². The summed E-state index contributed by atoms with van der Waals surface area (Å²) in [6.45, 7) is 5.10. The van der Waals surface area contributed by atoms with E-state index in [0.29, 0.717) is 25.4 Å². The molecule has 0 aliphatic heterocycles. The van der Waals surface area contributed by atoms with Gasteiger partial charge in [-0.15, -0.1) is 0 Å². The van der Waals surface area contributed by atoms with Gasteiger partial charge in [0.25, 0.3) is 0 Å². The van der Waals surface area contributed by atoms with E-state index in [-0.39, 0.29) is 17.6 Å². The summed E-state index contributed by atoms with van der Waals surface area (Å²) in [5, 5.41) is 0. The van der Waals surface area contributed by atoms with E-state index < -0.39 is 0 Å². The molecule has 0 aromatic heterocycles. The smallest absolute Gasteiger partial charge is 0.165 e. The van der Waals surface area contributed by atoms with Gasteiger partial charge >= 0.3 is 0 Å². The number of para-hydroxylation sites is 1. The number of rotatable bonds is 6. The molecule has 0 saturated carbocycles. The van der Waals surface area contributed by atoms with Gasteiger partial charge in [0.15, 0.2) is 11.6 Å². The Labute approximate surface area is 95.4 Å². The van der Waals surface area contributed by atoms with E-state index in [0.717, 1.165) is 0 Å². The monoisotopic (exact) mass is 227 g/mol. The summed E-state index contributed by atoms with van der Waals surface area (Å²) < 4.78 is 24.0. The maximum absolute atomic E-state index is 13.5. The normalized spacial score (nSPS) is 12.5. The van der Waals surface area contributed by atoms with Crippen LogP contribution in [0.2, 0.25) is 0 Å². The molecule has 1 aromatic carbocycles. The van der Waals surface area contributed by atoms with Gasteiger partial charge in [-0.3, -0.25) is 0 Å². The van der Waals surface area contributed by atoms with Crippen LogP contribution in [0.4, 0.5) is 4.39 Å². The second-order valence-corrected chi connectivity index (χ2v) is 3.49. The summed E-state index contributed by atoms with van der Waals surface area (Å²) in [6.07, 6.45) is 0. The third-order valence-corrected chi connectivity index (χ3v) is 2.17. The quantitative estimate of drug-likeness (QED) is 0.758. The summed E-state index contributed by atoms with van der Waals surface area (Å²) in [5.41, 5.74) is 6.41. The lowest BCUT2D eigenvalue weighted by atomic mass is 10.1. The summed E-state index contributed by atoms with van der Waals surface area (Å²) in [6, 6.07) is 4.51. The van der Waals surface area contributed by atoms with Gasteiger partial charge in [-0.25, -0.2) is 4.39 Å². The second-order valence-electron chi connectivity index (χ2n) is 3.49. The Balaban J connectivity index is 2.69. The fraction of sp³-hybridized carbons (Fsp3) is 0.500. The molecule has 1 rings (SSSR count). The van der Waals surface area contributed by atoms with Gasteiger partial charge in [0.2, 0.25) is 0 Å². The van der Waals surface area contributed by atoms with Crippen molar-refractivity contribution in [3.05, 3.63) is 29.6 Å². The van der Waals surface area contributed by atoms with Crippen molar-refractivity contribution in [1.29, 1.82) is 0 Å².